The molecule has 0 aromatic heterocycles. The van der Waals surface area contributed by atoms with Gasteiger partial charge in [0.2, 0.25) is 0 Å². The monoisotopic (exact) mass is 1580 g/mol. The molecule has 10 heterocycles. The number of carbonyl (C=O) groups is 6. The molecule has 22 rings (SSSR count). The number of rotatable bonds is 5. The summed E-state index contributed by atoms with van der Waals surface area (Å²) in [6.07, 6.45) is 10.6. The highest BCUT2D eigenvalue weighted by atomic mass is 16.5. The molecule has 0 saturated heterocycles. The van der Waals surface area contributed by atoms with E-state index >= 15 is 0 Å². The van der Waals surface area contributed by atoms with Crippen LogP contribution in [-0.4, -0.2) is 35.6 Å². The van der Waals surface area contributed by atoms with Gasteiger partial charge in [-0.3, -0.25) is 19.2 Å². The first kappa shape index (κ1) is 86.4. The maximum Gasteiger partial charge on any atom is 0.343 e. The van der Waals surface area contributed by atoms with Gasteiger partial charge >= 0.3 is 11.9 Å². The standard InChI is InChI=1S/C64H72N4O4.C42H50O4/c1-37-25-50-26-38(2)54(37)65-58(69)45-19-18-20-46(33-45)59(70)66-55-39(3)27-51(28-40(55)4)64(23-16-13-17-24-64)53-31-43(7)57(44(8)32-53)68-61(72)48-34-47(35-49(36-48)62(9,10)11)60(71)67-56-41(5)29-52(30-42(56)6)63(50)21-14-12-15-22-63;1-39(2,3)31-21-29(22-32(25-31)40(4,5)6)37(43)45-35-17-13-27(14-18-35)28-15-19-36(20-16-28)46-38(44)30-23-33(41(7,8)9)26-34(24-30)42(10,11)12/h18-20,25-36H,12-17,21-24H2,1-11H3,(H,65,69)(H,66,70)(H,67,71)(H,68,72);13-26H,1-12H3. The van der Waals surface area contributed by atoms with E-state index in [-0.39, 0.29) is 73.5 Å². The quantitative estimate of drug-likeness (QED) is 0.0975. The van der Waals surface area contributed by atoms with E-state index in [1.165, 1.54) is 35.1 Å². The topological polar surface area (TPSA) is 169 Å². The number of carbonyl (C=O) groups excluding carboxylic acids is 6. The Kier molecular flexibility index (Phi) is 24.5. The summed E-state index contributed by atoms with van der Waals surface area (Å²) in [5.74, 6) is -0.881. The Morgan fingerprint density at radius 2 is 0.500 bits per heavy atom. The molecular formula is C106H122N4O8. The number of aryl methyl sites for hydroxylation is 8. The second kappa shape index (κ2) is 33.4. The number of benzene rings is 10. The lowest BCUT2D eigenvalue weighted by Crippen LogP contribution is -2.31. The van der Waals surface area contributed by atoms with Gasteiger partial charge in [0.05, 0.1) is 11.1 Å². The van der Waals surface area contributed by atoms with Crippen molar-refractivity contribution in [1.82, 2.24) is 0 Å². The van der Waals surface area contributed by atoms with Crippen molar-refractivity contribution >= 4 is 58.3 Å². The number of amides is 4. The summed E-state index contributed by atoms with van der Waals surface area (Å²) in [4.78, 5) is 83.7. The minimum atomic E-state index is -0.377. The number of ether oxygens (including phenoxy) is 2. The average molecular weight is 1580 g/mol. The summed E-state index contributed by atoms with van der Waals surface area (Å²) in [7, 11) is 0. The zero-order valence-electron chi connectivity index (χ0n) is 74.1. The fraction of sp³-hybridized carbons (Fsp3) is 0.377. The van der Waals surface area contributed by atoms with Gasteiger partial charge in [-0.25, -0.2) is 9.59 Å². The van der Waals surface area contributed by atoms with Crippen molar-refractivity contribution in [2.24, 2.45) is 0 Å². The van der Waals surface area contributed by atoms with Crippen LogP contribution in [0, 0.1) is 55.4 Å². The average Bonchev–Trinajstić information content (AvgIpc) is 0.744. The zero-order valence-corrected chi connectivity index (χ0v) is 74.1. The lowest BCUT2D eigenvalue weighted by molar-refractivity contribution is 0.0724. The van der Waals surface area contributed by atoms with E-state index in [2.05, 4.69) is 241 Å². The number of hydrogen-bond acceptors (Lipinski definition) is 8. The molecule has 0 unspecified atom stereocenters. The van der Waals surface area contributed by atoms with Crippen LogP contribution in [-0.2, 0) is 37.9 Å². The lowest BCUT2D eigenvalue weighted by atomic mass is 9.64. The maximum absolute atomic E-state index is 14.5. The molecule has 12 nitrogen and oxygen atoms in total. The van der Waals surface area contributed by atoms with Gasteiger partial charge in [0.1, 0.15) is 11.5 Å². The first-order valence-electron chi connectivity index (χ1n) is 42.2. The van der Waals surface area contributed by atoms with Crippen LogP contribution in [0.2, 0.25) is 0 Å². The van der Waals surface area contributed by atoms with E-state index in [0.717, 1.165) is 158 Å². The summed E-state index contributed by atoms with van der Waals surface area (Å²) in [6, 6.07) is 57.4. The molecule has 2 fully saturated rings. The van der Waals surface area contributed by atoms with Crippen LogP contribution in [0.4, 0.5) is 22.7 Å². The highest BCUT2D eigenvalue weighted by Crippen LogP contribution is 2.50. The Bertz CT molecular complexity index is 5080. The third-order valence-electron chi connectivity index (χ3n) is 24.7. The molecule has 2 saturated carbocycles. The maximum atomic E-state index is 14.5. The summed E-state index contributed by atoms with van der Waals surface area (Å²) in [6.45, 7) is 48.5. The summed E-state index contributed by atoms with van der Waals surface area (Å²) in [5, 5.41) is 13.0. The van der Waals surface area contributed by atoms with Crippen molar-refractivity contribution in [2.75, 3.05) is 21.3 Å². The molecule has 118 heavy (non-hydrogen) atoms. The number of esters is 2. The first-order chi connectivity index (χ1) is 55.3. The highest BCUT2D eigenvalue weighted by Gasteiger charge is 2.40. The molecule has 2 aliphatic carbocycles. The predicted octanol–water partition coefficient (Wildman–Crippen LogP) is 26.3. The van der Waals surface area contributed by atoms with Gasteiger partial charge in [0.25, 0.3) is 23.6 Å². The van der Waals surface area contributed by atoms with Crippen molar-refractivity contribution in [3.05, 3.63) is 304 Å². The van der Waals surface area contributed by atoms with Gasteiger partial charge in [0, 0.05) is 55.8 Å². The van der Waals surface area contributed by atoms with Crippen LogP contribution in [0.25, 0.3) is 11.1 Å². The normalized spacial score (nSPS) is 15.3. The van der Waals surface area contributed by atoms with Crippen LogP contribution in [0.3, 0.4) is 0 Å². The van der Waals surface area contributed by atoms with Crippen LogP contribution in [0.5, 0.6) is 11.5 Å². The number of nitrogens with one attached hydrogen (secondary N) is 4. The fourth-order valence-electron chi connectivity index (χ4n) is 17.4. The zero-order chi connectivity index (χ0) is 85.7. The first-order valence-corrected chi connectivity index (χ1v) is 42.2. The Morgan fingerprint density at radius 3 is 0.746 bits per heavy atom. The van der Waals surface area contributed by atoms with Gasteiger partial charge in [-0.1, -0.05) is 233 Å². The molecule has 0 atom stereocenters. The Hall–Kier alpha value is -11.0. The van der Waals surface area contributed by atoms with Gasteiger partial charge in [-0.05, 0) is 299 Å². The molecule has 12 aliphatic rings. The largest absolute Gasteiger partial charge is 0.423 e. The smallest absolute Gasteiger partial charge is 0.343 e. The number of hydrogen-bond donors (Lipinski definition) is 4. The van der Waals surface area contributed by atoms with E-state index in [0.29, 0.717) is 44.9 Å². The minimum Gasteiger partial charge on any atom is -0.423 e. The molecule has 10 aromatic rings. The predicted molar refractivity (Wildman–Crippen MR) is 484 cm³/mol. The molecule has 4 N–H and O–H groups in total. The highest BCUT2D eigenvalue weighted by molar-refractivity contribution is 6.11. The van der Waals surface area contributed by atoms with E-state index in [1.807, 2.05) is 60.7 Å². The Labute approximate surface area is 701 Å². The minimum absolute atomic E-state index is 0.0983. The third kappa shape index (κ3) is 18.9. The molecule has 12 heteroatoms. The third-order valence-corrected chi connectivity index (χ3v) is 24.7. The van der Waals surface area contributed by atoms with Crippen LogP contribution in [0.15, 0.2) is 176 Å². The fourth-order valence-corrected chi connectivity index (χ4v) is 17.4. The van der Waals surface area contributed by atoms with Crippen LogP contribution < -0.4 is 30.7 Å². The second-order valence-corrected chi connectivity index (χ2v) is 39.1. The Morgan fingerprint density at radius 1 is 0.271 bits per heavy atom. The van der Waals surface area contributed by atoms with Gasteiger partial charge in [-0.15, -0.1) is 0 Å². The summed E-state index contributed by atoms with van der Waals surface area (Å²) in [5.41, 5.74) is 24.4. The SMILES string of the molecule is CC(C)(C)c1cc(C(=O)Oc2ccc(-c3ccc(OC(=O)c4cc(C(C)(C)C)cc(C(C)(C)C)c4)cc3)cc2)cc(C(C)(C)C)c1.Cc1cc2cc(C)c1NC(=O)c1cccc(c1)C(=O)Nc1c(C)cc(cc1C)C1(CCCCC1)c1cc(C)c(c(C)c1)NC(=O)c1cc(cc(C(C)(C)C)c1)C(=O)Nc1c(C)cc(cc1C)C21CCCCC1. The number of anilines is 4. The van der Waals surface area contributed by atoms with Crippen molar-refractivity contribution in [3.8, 4) is 22.6 Å². The van der Waals surface area contributed by atoms with E-state index in [9.17, 15) is 28.8 Å². The molecule has 0 radical (unpaired) electrons. The van der Waals surface area contributed by atoms with Crippen molar-refractivity contribution < 1.29 is 38.2 Å². The van der Waals surface area contributed by atoms with Crippen molar-refractivity contribution in [3.63, 3.8) is 0 Å². The molecular weight excluding hydrogens is 1460 g/mol. The molecule has 12 bridgehead atoms. The van der Waals surface area contributed by atoms with E-state index in [4.69, 9.17) is 9.47 Å². The van der Waals surface area contributed by atoms with Crippen molar-refractivity contribution in [2.45, 2.75) is 261 Å². The van der Waals surface area contributed by atoms with Crippen LogP contribution >= 0.6 is 0 Å². The van der Waals surface area contributed by atoms with E-state index in [1.54, 1.807) is 54.6 Å². The van der Waals surface area contributed by atoms with Gasteiger partial charge in [0.15, 0.2) is 0 Å². The van der Waals surface area contributed by atoms with Gasteiger partial charge in [-0.2, -0.15) is 0 Å². The van der Waals surface area contributed by atoms with Gasteiger partial charge < -0.3 is 30.7 Å². The van der Waals surface area contributed by atoms with Crippen molar-refractivity contribution in [1.29, 1.82) is 0 Å². The Balaban J connectivity index is 0.000000240. The van der Waals surface area contributed by atoms with E-state index < -0.39 is 0 Å². The summed E-state index contributed by atoms with van der Waals surface area (Å²) < 4.78 is 11.6. The molecule has 2 spiro atoms. The summed E-state index contributed by atoms with van der Waals surface area (Å²) >= 11 is 0. The molecule has 10 aliphatic heterocycles. The van der Waals surface area contributed by atoms with Crippen LogP contribution in [0.1, 0.15) is 325 Å². The lowest BCUT2D eigenvalue weighted by Gasteiger charge is -2.40. The molecule has 614 valence electrons. The molecule has 10 aromatic carbocycles. The second-order valence-electron chi connectivity index (χ2n) is 39.1. The molecule has 4 amide bonds.